The zero-order valence-corrected chi connectivity index (χ0v) is 16.1. The van der Waals surface area contributed by atoms with Crippen molar-refractivity contribution in [3.8, 4) is 5.69 Å². The van der Waals surface area contributed by atoms with Gasteiger partial charge in [-0.15, -0.1) is 0 Å². The highest BCUT2D eigenvalue weighted by Gasteiger charge is 2.09. The van der Waals surface area contributed by atoms with E-state index >= 15 is 0 Å². The van der Waals surface area contributed by atoms with Gasteiger partial charge in [-0.3, -0.25) is 4.90 Å². The molecule has 1 aliphatic heterocycles. The summed E-state index contributed by atoms with van der Waals surface area (Å²) in [5.41, 5.74) is 2.23. The van der Waals surface area contributed by atoms with Crippen molar-refractivity contribution < 1.29 is 4.74 Å². The van der Waals surface area contributed by atoms with Gasteiger partial charge in [-0.1, -0.05) is 12.1 Å². The Hall–Kier alpha value is -2.38. The van der Waals surface area contributed by atoms with Crippen LogP contribution in [-0.4, -0.2) is 66.6 Å². The topological polar surface area (TPSA) is 66.7 Å². The molecule has 1 saturated heterocycles. The molecular weight excluding hydrogens is 340 g/mol. The molecule has 7 heteroatoms. The molecule has 1 aromatic carbocycles. The molecule has 0 unspecified atom stereocenters. The maximum absolute atomic E-state index is 5.39. The number of nitrogens with one attached hydrogen (secondary N) is 2. The van der Waals surface area contributed by atoms with Crippen LogP contribution in [-0.2, 0) is 11.3 Å². The number of morpholine rings is 1. The van der Waals surface area contributed by atoms with E-state index in [0.717, 1.165) is 64.0 Å². The molecule has 27 heavy (non-hydrogen) atoms. The van der Waals surface area contributed by atoms with Gasteiger partial charge < -0.3 is 15.4 Å². The third kappa shape index (κ3) is 6.37. The number of ether oxygens (including phenoxy) is 1. The number of hydrogen-bond acceptors (Lipinski definition) is 4. The molecule has 2 N–H and O–H groups in total. The third-order valence-electron chi connectivity index (χ3n) is 4.52. The third-order valence-corrected chi connectivity index (χ3v) is 4.52. The van der Waals surface area contributed by atoms with E-state index in [1.807, 2.05) is 16.9 Å². The molecule has 0 bridgehead atoms. The molecule has 2 aromatic rings. The average molecular weight is 371 g/mol. The van der Waals surface area contributed by atoms with Gasteiger partial charge >= 0.3 is 0 Å². The van der Waals surface area contributed by atoms with Crippen LogP contribution in [0.25, 0.3) is 5.69 Å². The molecule has 0 spiro atoms. The second kappa shape index (κ2) is 10.7. The first-order valence-electron chi connectivity index (χ1n) is 9.76. The summed E-state index contributed by atoms with van der Waals surface area (Å²) in [6.45, 7) is 9.42. The molecule has 146 valence electrons. The zero-order chi connectivity index (χ0) is 18.7. The Kier molecular flexibility index (Phi) is 7.68. The molecule has 0 saturated carbocycles. The van der Waals surface area contributed by atoms with Crippen LogP contribution in [0.5, 0.6) is 0 Å². The quantitative estimate of drug-likeness (QED) is 0.420. The Morgan fingerprint density at radius 2 is 2.00 bits per heavy atom. The van der Waals surface area contributed by atoms with Gasteiger partial charge in [0.2, 0.25) is 0 Å². The van der Waals surface area contributed by atoms with Gasteiger partial charge in [0.1, 0.15) is 0 Å². The van der Waals surface area contributed by atoms with E-state index in [1.54, 1.807) is 6.20 Å². The summed E-state index contributed by atoms with van der Waals surface area (Å²) < 4.78 is 7.24. The van der Waals surface area contributed by atoms with Gasteiger partial charge in [0, 0.05) is 38.6 Å². The molecule has 0 atom stereocenters. The summed E-state index contributed by atoms with van der Waals surface area (Å²) in [7, 11) is 0. The van der Waals surface area contributed by atoms with E-state index in [2.05, 4.69) is 51.8 Å². The van der Waals surface area contributed by atoms with Crippen molar-refractivity contribution >= 4 is 5.96 Å². The lowest BCUT2D eigenvalue weighted by atomic mass is 10.2. The zero-order valence-electron chi connectivity index (χ0n) is 16.1. The lowest BCUT2D eigenvalue weighted by Gasteiger charge is -2.26. The van der Waals surface area contributed by atoms with Gasteiger partial charge in [0.15, 0.2) is 5.96 Å². The van der Waals surface area contributed by atoms with Gasteiger partial charge in [-0.05, 0) is 43.7 Å². The van der Waals surface area contributed by atoms with Crippen LogP contribution in [0.15, 0.2) is 47.7 Å². The molecule has 1 aromatic heterocycles. The first kappa shape index (κ1) is 19.4. The Morgan fingerprint density at radius 3 is 2.70 bits per heavy atom. The predicted octanol–water partition coefficient (Wildman–Crippen LogP) is 1.65. The van der Waals surface area contributed by atoms with Crippen molar-refractivity contribution in [3.05, 3.63) is 48.3 Å². The Morgan fingerprint density at radius 1 is 1.19 bits per heavy atom. The molecule has 7 nitrogen and oxygen atoms in total. The summed E-state index contributed by atoms with van der Waals surface area (Å²) in [6, 6.07) is 10.3. The monoisotopic (exact) mass is 370 g/mol. The lowest BCUT2D eigenvalue weighted by Crippen LogP contribution is -2.40. The fourth-order valence-electron chi connectivity index (χ4n) is 3.02. The number of hydrogen-bond donors (Lipinski definition) is 2. The minimum atomic E-state index is 0.651. The summed E-state index contributed by atoms with van der Waals surface area (Å²) >= 11 is 0. The number of nitrogens with zero attached hydrogens (tertiary/aromatic N) is 4. The fourth-order valence-corrected chi connectivity index (χ4v) is 3.02. The van der Waals surface area contributed by atoms with Crippen molar-refractivity contribution in [3.63, 3.8) is 0 Å². The van der Waals surface area contributed by atoms with Crippen LogP contribution >= 0.6 is 0 Å². The minimum Gasteiger partial charge on any atom is -0.379 e. The highest BCUT2D eigenvalue weighted by Crippen LogP contribution is 2.09. The second-order valence-corrected chi connectivity index (χ2v) is 6.55. The van der Waals surface area contributed by atoms with Gasteiger partial charge in [0.05, 0.1) is 25.4 Å². The fraction of sp³-hybridized carbons (Fsp3) is 0.500. The van der Waals surface area contributed by atoms with E-state index < -0.39 is 0 Å². The molecule has 1 aliphatic rings. The molecule has 0 amide bonds. The largest absolute Gasteiger partial charge is 0.379 e. The number of rotatable bonds is 8. The average Bonchev–Trinajstić information content (AvgIpc) is 3.25. The van der Waals surface area contributed by atoms with Crippen LogP contribution in [0.2, 0.25) is 0 Å². The van der Waals surface area contributed by atoms with E-state index in [9.17, 15) is 0 Å². The van der Waals surface area contributed by atoms with Crippen molar-refractivity contribution in [1.82, 2.24) is 25.3 Å². The highest BCUT2D eigenvalue weighted by atomic mass is 16.5. The van der Waals surface area contributed by atoms with E-state index in [0.29, 0.717) is 6.54 Å². The summed E-state index contributed by atoms with van der Waals surface area (Å²) in [5.74, 6) is 0.871. The van der Waals surface area contributed by atoms with Gasteiger partial charge in [-0.25, -0.2) is 9.67 Å². The van der Waals surface area contributed by atoms with Gasteiger partial charge in [0.25, 0.3) is 0 Å². The SMILES string of the molecule is CCNC(=NCc1ccc(-n2cccn2)cc1)NCCCN1CCOCC1. The predicted molar refractivity (Wildman–Crippen MR) is 108 cm³/mol. The number of benzene rings is 1. The van der Waals surface area contributed by atoms with Crippen molar-refractivity contribution in [2.45, 2.75) is 19.9 Å². The molecule has 1 fully saturated rings. The molecule has 0 aliphatic carbocycles. The van der Waals surface area contributed by atoms with E-state index in [-0.39, 0.29) is 0 Å². The van der Waals surface area contributed by atoms with Crippen molar-refractivity contribution in [1.29, 1.82) is 0 Å². The molecule has 2 heterocycles. The molecule has 0 radical (unpaired) electrons. The maximum Gasteiger partial charge on any atom is 0.191 e. The minimum absolute atomic E-state index is 0.651. The smallest absolute Gasteiger partial charge is 0.191 e. The van der Waals surface area contributed by atoms with Crippen molar-refractivity contribution in [2.24, 2.45) is 4.99 Å². The second-order valence-electron chi connectivity index (χ2n) is 6.55. The first-order chi connectivity index (χ1) is 13.3. The van der Waals surface area contributed by atoms with Crippen LogP contribution in [0.1, 0.15) is 18.9 Å². The highest BCUT2D eigenvalue weighted by molar-refractivity contribution is 5.79. The Labute approximate surface area is 161 Å². The number of aliphatic imine (C=N–C) groups is 1. The summed E-state index contributed by atoms with van der Waals surface area (Å²) in [5, 5.41) is 11.0. The maximum atomic E-state index is 5.39. The lowest BCUT2D eigenvalue weighted by molar-refractivity contribution is 0.0376. The normalized spacial score (nSPS) is 15.7. The van der Waals surface area contributed by atoms with Crippen LogP contribution < -0.4 is 10.6 Å². The standard InChI is InChI=1S/C20H30N6O/c1-2-21-20(22-9-3-11-25-13-15-27-16-14-25)23-17-18-5-7-19(8-6-18)26-12-4-10-24-26/h4-8,10,12H,2-3,9,11,13-17H2,1H3,(H2,21,22,23). The van der Waals surface area contributed by atoms with Crippen LogP contribution in [0.3, 0.4) is 0 Å². The summed E-state index contributed by atoms with van der Waals surface area (Å²) in [4.78, 5) is 7.15. The summed E-state index contributed by atoms with van der Waals surface area (Å²) in [6.07, 6.45) is 4.83. The molecular formula is C20H30N6O. The van der Waals surface area contributed by atoms with E-state index in [4.69, 9.17) is 9.73 Å². The molecule has 3 rings (SSSR count). The van der Waals surface area contributed by atoms with Crippen molar-refractivity contribution in [2.75, 3.05) is 45.9 Å². The Balaban J connectivity index is 1.45. The van der Waals surface area contributed by atoms with Gasteiger partial charge in [-0.2, -0.15) is 5.10 Å². The van der Waals surface area contributed by atoms with Crippen LogP contribution in [0.4, 0.5) is 0 Å². The number of aromatic nitrogens is 2. The first-order valence-corrected chi connectivity index (χ1v) is 9.76. The van der Waals surface area contributed by atoms with Crippen LogP contribution in [0, 0.1) is 0 Å². The van der Waals surface area contributed by atoms with E-state index in [1.165, 1.54) is 5.56 Å². The number of guanidine groups is 1. The Bertz CT molecular complexity index is 677.